The summed E-state index contributed by atoms with van der Waals surface area (Å²) in [5.41, 5.74) is 3.00. The third-order valence-electron chi connectivity index (χ3n) is 3.46. The topological polar surface area (TPSA) is 47.6 Å². The van der Waals surface area contributed by atoms with Crippen molar-refractivity contribution in [3.8, 4) is 11.5 Å². The summed E-state index contributed by atoms with van der Waals surface area (Å²) in [6.07, 6.45) is 0. The third kappa shape index (κ3) is 2.36. The summed E-state index contributed by atoms with van der Waals surface area (Å²) in [6, 6.07) is 5.22. The van der Waals surface area contributed by atoms with Crippen LogP contribution < -0.4 is 14.8 Å². The first-order valence-electron chi connectivity index (χ1n) is 6.36. The van der Waals surface area contributed by atoms with Gasteiger partial charge in [-0.3, -0.25) is 4.79 Å². The Morgan fingerprint density at radius 1 is 1.30 bits per heavy atom. The molecule has 1 aliphatic rings. The summed E-state index contributed by atoms with van der Waals surface area (Å²) in [5, 5.41) is 5.02. The largest absolute Gasteiger partial charge is 0.454 e. The molecule has 5 heteroatoms. The van der Waals surface area contributed by atoms with Crippen LogP contribution in [-0.4, -0.2) is 12.7 Å². The molecule has 2 heterocycles. The lowest BCUT2D eigenvalue weighted by Gasteiger charge is -2.06. The van der Waals surface area contributed by atoms with Gasteiger partial charge in [0.15, 0.2) is 11.5 Å². The number of thiophene rings is 1. The molecule has 1 aromatic carbocycles. The minimum absolute atomic E-state index is 0.105. The number of ether oxygens (including phenoxy) is 2. The first kappa shape index (κ1) is 13.0. The molecule has 0 aliphatic carbocycles. The summed E-state index contributed by atoms with van der Waals surface area (Å²) < 4.78 is 10.5. The van der Waals surface area contributed by atoms with E-state index in [9.17, 15) is 4.79 Å². The number of benzene rings is 1. The van der Waals surface area contributed by atoms with Crippen molar-refractivity contribution in [3.05, 3.63) is 45.1 Å². The van der Waals surface area contributed by atoms with Crippen molar-refractivity contribution in [1.82, 2.24) is 5.32 Å². The average Bonchev–Trinajstić information content (AvgIpc) is 3.04. The van der Waals surface area contributed by atoms with E-state index in [1.807, 2.05) is 0 Å². The zero-order chi connectivity index (χ0) is 14.1. The summed E-state index contributed by atoms with van der Waals surface area (Å²) >= 11 is 1.71. The SMILES string of the molecule is Cc1scc(CNC(=O)c2ccc3c(c2)OCO3)c1C. The van der Waals surface area contributed by atoms with E-state index in [-0.39, 0.29) is 12.7 Å². The van der Waals surface area contributed by atoms with Gasteiger partial charge in [-0.25, -0.2) is 0 Å². The van der Waals surface area contributed by atoms with Crippen LogP contribution in [0.5, 0.6) is 11.5 Å². The predicted octanol–water partition coefficient (Wildman–Crippen LogP) is 3.02. The number of nitrogens with one attached hydrogen (secondary N) is 1. The first-order chi connectivity index (χ1) is 9.65. The fourth-order valence-corrected chi connectivity index (χ4v) is 2.94. The number of carbonyl (C=O) groups is 1. The fraction of sp³-hybridized carbons (Fsp3) is 0.267. The fourth-order valence-electron chi connectivity index (χ4n) is 2.05. The van der Waals surface area contributed by atoms with Crippen LogP contribution in [-0.2, 0) is 6.54 Å². The van der Waals surface area contributed by atoms with Crippen LogP contribution in [0, 0.1) is 13.8 Å². The summed E-state index contributed by atoms with van der Waals surface area (Å²) in [7, 11) is 0. The van der Waals surface area contributed by atoms with Crippen LogP contribution in [0.2, 0.25) is 0 Å². The van der Waals surface area contributed by atoms with Gasteiger partial charge in [0, 0.05) is 17.0 Å². The second-order valence-electron chi connectivity index (χ2n) is 4.69. The molecule has 0 fully saturated rings. The highest BCUT2D eigenvalue weighted by atomic mass is 32.1. The molecule has 20 heavy (non-hydrogen) atoms. The van der Waals surface area contributed by atoms with E-state index in [2.05, 4.69) is 24.5 Å². The van der Waals surface area contributed by atoms with Crippen LogP contribution in [0.3, 0.4) is 0 Å². The molecule has 1 aliphatic heterocycles. The molecule has 1 aromatic heterocycles. The molecule has 0 bridgehead atoms. The number of hydrogen-bond acceptors (Lipinski definition) is 4. The van der Waals surface area contributed by atoms with Crippen molar-refractivity contribution in [2.24, 2.45) is 0 Å². The molecule has 0 radical (unpaired) electrons. The molecule has 2 aromatic rings. The van der Waals surface area contributed by atoms with Gasteiger partial charge >= 0.3 is 0 Å². The van der Waals surface area contributed by atoms with Gasteiger partial charge in [-0.2, -0.15) is 0 Å². The lowest BCUT2D eigenvalue weighted by atomic mass is 10.1. The van der Waals surface area contributed by atoms with Crippen LogP contribution in [0.25, 0.3) is 0 Å². The van der Waals surface area contributed by atoms with Crippen LogP contribution in [0.1, 0.15) is 26.4 Å². The van der Waals surface area contributed by atoms with Crippen LogP contribution in [0.15, 0.2) is 23.6 Å². The van der Waals surface area contributed by atoms with Gasteiger partial charge in [0.1, 0.15) is 0 Å². The monoisotopic (exact) mass is 289 g/mol. The van der Waals surface area contributed by atoms with Crippen molar-refractivity contribution in [2.45, 2.75) is 20.4 Å². The van der Waals surface area contributed by atoms with Crippen molar-refractivity contribution in [2.75, 3.05) is 6.79 Å². The summed E-state index contributed by atoms with van der Waals surface area (Å²) in [4.78, 5) is 13.4. The standard InChI is InChI=1S/C15H15NO3S/c1-9-10(2)20-7-12(9)6-16-15(17)11-3-4-13-14(5-11)19-8-18-13/h3-5,7H,6,8H2,1-2H3,(H,16,17). The molecule has 1 amide bonds. The maximum atomic E-state index is 12.1. The Morgan fingerprint density at radius 3 is 2.85 bits per heavy atom. The van der Waals surface area contributed by atoms with E-state index < -0.39 is 0 Å². The van der Waals surface area contributed by atoms with Gasteiger partial charge in [-0.15, -0.1) is 11.3 Å². The van der Waals surface area contributed by atoms with Crippen molar-refractivity contribution >= 4 is 17.2 Å². The van der Waals surface area contributed by atoms with Crippen LogP contribution in [0.4, 0.5) is 0 Å². The smallest absolute Gasteiger partial charge is 0.251 e. The zero-order valence-corrected chi connectivity index (χ0v) is 12.2. The molecule has 0 unspecified atom stereocenters. The Balaban J connectivity index is 1.69. The Morgan fingerprint density at radius 2 is 2.10 bits per heavy atom. The van der Waals surface area contributed by atoms with Gasteiger partial charge in [0.05, 0.1) is 0 Å². The second kappa shape index (κ2) is 5.17. The first-order valence-corrected chi connectivity index (χ1v) is 7.24. The lowest BCUT2D eigenvalue weighted by molar-refractivity contribution is 0.0950. The Hall–Kier alpha value is -2.01. The number of aryl methyl sites for hydroxylation is 1. The zero-order valence-electron chi connectivity index (χ0n) is 11.4. The lowest BCUT2D eigenvalue weighted by Crippen LogP contribution is -2.22. The summed E-state index contributed by atoms with van der Waals surface area (Å²) in [6.45, 7) is 4.92. The third-order valence-corrected chi connectivity index (χ3v) is 4.52. The quantitative estimate of drug-likeness (QED) is 0.945. The molecule has 1 N–H and O–H groups in total. The number of hydrogen-bond donors (Lipinski definition) is 1. The van der Waals surface area contributed by atoms with Crippen molar-refractivity contribution in [3.63, 3.8) is 0 Å². The van der Waals surface area contributed by atoms with E-state index in [0.717, 1.165) is 0 Å². The van der Waals surface area contributed by atoms with Gasteiger partial charge < -0.3 is 14.8 Å². The number of carbonyl (C=O) groups excluding carboxylic acids is 1. The summed E-state index contributed by atoms with van der Waals surface area (Å²) in [5.74, 6) is 1.21. The molecule has 3 rings (SSSR count). The van der Waals surface area contributed by atoms with Gasteiger partial charge in [-0.05, 0) is 48.6 Å². The molecule has 0 spiro atoms. The molecule has 104 valence electrons. The van der Waals surface area contributed by atoms with E-state index in [1.54, 1.807) is 29.5 Å². The Kier molecular flexibility index (Phi) is 3.36. The highest BCUT2D eigenvalue weighted by Crippen LogP contribution is 2.32. The van der Waals surface area contributed by atoms with Crippen molar-refractivity contribution in [1.29, 1.82) is 0 Å². The number of amides is 1. The molecule has 0 atom stereocenters. The highest BCUT2D eigenvalue weighted by molar-refractivity contribution is 7.10. The van der Waals surface area contributed by atoms with E-state index in [0.29, 0.717) is 23.6 Å². The molecular formula is C15H15NO3S. The van der Waals surface area contributed by atoms with Gasteiger partial charge in [0.2, 0.25) is 6.79 Å². The Bertz CT molecular complexity index is 663. The van der Waals surface area contributed by atoms with E-state index in [1.165, 1.54) is 16.0 Å². The van der Waals surface area contributed by atoms with Crippen LogP contribution >= 0.6 is 11.3 Å². The number of fused-ring (bicyclic) bond motifs is 1. The van der Waals surface area contributed by atoms with Crippen molar-refractivity contribution < 1.29 is 14.3 Å². The van der Waals surface area contributed by atoms with Gasteiger partial charge in [-0.1, -0.05) is 0 Å². The normalized spacial score (nSPS) is 12.5. The van der Waals surface area contributed by atoms with Gasteiger partial charge in [0.25, 0.3) is 5.91 Å². The molecule has 0 saturated heterocycles. The highest BCUT2D eigenvalue weighted by Gasteiger charge is 2.16. The Labute approximate surface area is 121 Å². The molecule has 0 saturated carbocycles. The maximum absolute atomic E-state index is 12.1. The van der Waals surface area contributed by atoms with E-state index in [4.69, 9.17) is 9.47 Å². The minimum Gasteiger partial charge on any atom is -0.454 e. The maximum Gasteiger partial charge on any atom is 0.251 e. The predicted molar refractivity (Wildman–Crippen MR) is 77.5 cm³/mol. The second-order valence-corrected chi connectivity index (χ2v) is 5.78. The number of rotatable bonds is 3. The average molecular weight is 289 g/mol. The van der Waals surface area contributed by atoms with E-state index >= 15 is 0 Å². The minimum atomic E-state index is -0.105. The molecule has 4 nitrogen and oxygen atoms in total. The molecular weight excluding hydrogens is 274 g/mol.